The van der Waals surface area contributed by atoms with Crippen LogP contribution in [-0.2, 0) is 14.3 Å². The van der Waals surface area contributed by atoms with Gasteiger partial charge in [0.25, 0.3) is 0 Å². The molecule has 3 fully saturated rings. The van der Waals surface area contributed by atoms with Crippen molar-refractivity contribution in [2.45, 2.75) is 83.5 Å². The lowest BCUT2D eigenvalue weighted by Gasteiger charge is -2.63. The Hall–Kier alpha value is -1.54. The molecule has 7 nitrogen and oxygen atoms in total. The van der Waals surface area contributed by atoms with E-state index in [9.17, 15) is 30.0 Å². The predicted molar refractivity (Wildman–Crippen MR) is 128 cm³/mol. The summed E-state index contributed by atoms with van der Waals surface area (Å²) in [5.41, 5.74) is -1.40. The molecule has 0 spiro atoms. The summed E-state index contributed by atoms with van der Waals surface area (Å²) in [6, 6.07) is 0. The zero-order chi connectivity index (χ0) is 25.3. The van der Waals surface area contributed by atoms with Crippen molar-refractivity contribution in [3.8, 4) is 0 Å². The first-order valence-electron chi connectivity index (χ1n) is 13.3. The molecule has 0 aromatic carbocycles. The van der Waals surface area contributed by atoms with Crippen LogP contribution in [0.2, 0.25) is 0 Å². The lowest BCUT2D eigenvalue weighted by molar-refractivity contribution is -0.232. The minimum atomic E-state index is -1.43. The number of hydrogen-bond donors (Lipinski definition) is 4. The van der Waals surface area contributed by atoms with Crippen molar-refractivity contribution in [1.82, 2.24) is 0 Å². The molecule has 0 radical (unpaired) electrons. The van der Waals surface area contributed by atoms with E-state index in [1.807, 2.05) is 13.8 Å². The van der Waals surface area contributed by atoms with Crippen LogP contribution >= 0.6 is 0 Å². The number of cyclic esters (lactones) is 1. The molecule has 7 heteroatoms. The highest BCUT2D eigenvalue weighted by Gasteiger charge is 2.69. The Morgan fingerprint density at radius 2 is 1.89 bits per heavy atom. The summed E-state index contributed by atoms with van der Waals surface area (Å²) < 4.78 is 5.75. The van der Waals surface area contributed by atoms with Crippen molar-refractivity contribution in [2.24, 2.45) is 40.4 Å². The molecule has 194 valence electrons. The number of hydrogen-bond acceptors (Lipinski definition) is 7. The van der Waals surface area contributed by atoms with E-state index in [-0.39, 0.29) is 54.0 Å². The van der Waals surface area contributed by atoms with Gasteiger partial charge in [0.1, 0.15) is 11.7 Å². The van der Waals surface area contributed by atoms with Crippen molar-refractivity contribution >= 4 is 11.8 Å². The van der Waals surface area contributed by atoms with E-state index in [2.05, 4.69) is 6.92 Å². The van der Waals surface area contributed by atoms with Crippen LogP contribution < -0.4 is 0 Å². The second-order valence-corrected chi connectivity index (χ2v) is 12.4. The summed E-state index contributed by atoms with van der Waals surface area (Å²) in [5.74, 6) is -0.252. The smallest absolute Gasteiger partial charge is 0.336 e. The molecule has 5 rings (SSSR count). The number of ketones is 1. The monoisotopic (exact) mass is 488 g/mol. The van der Waals surface area contributed by atoms with Gasteiger partial charge in [0, 0.05) is 18.9 Å². The minimum absolute atomic E-state index is 0.00236. The third-order valence-corrected chi connectivity index (χ3v) is 11.3. The van der Waals surface area contributed by atoms with Gasteiger partial charge in [-0.2, -0.15) is 0 Å². The second kappa shape index (κ2) is 8.51. The maximum Gasteiger partial charge on any atom is 0.336 e. The zero-order valence-corrected chi connectivity index (χ0v) is 21.1. The van der Waals surface area contributed by atoms with Crippen LogP contribution in [0.5, 0.6) is 0 Å². The number of esters is 1. The van der Waals surface area contributed by atoms with Crippen LogP contribution in [-0.4, -0.2) is 63.2 Å². The molecule has 4 N–H and O–H groups in total. The van der Waals surface area contributed by atoms with Gasteiger partial charge in [-0.1, -0.05) is 18.6 Å². The van der Waals surface area contributed by atoms with Crippen LogP contribution in [0.15, 0.2) is 23.3 Å². The van der Waals surface area contributed by atoms with Gasteiger partial charge < -0.3 is 25.2 Å². The van der Waals surface area contributed by atoms with Gasteiger partial charge in [-0.3, -0.25) is 4.79 Å². The largest absolute Gasteiger partial charge is 0.458 e. The highest BCUT2D eigenvalue weighted by atomic mass is 16.5. The predicted octanol–water partition coefficient (Wildman–Crippen LogP) is 2.31. The van der Waals surface area contributed by atoms with Crippen LogP contribution in [0.1, 0.15) is 65.7 Å². The zero-order valence-electron chi connectivity index (χ0n) is 21.1. The molecule has 1 aliphatic heterocycles. The number of aliphatic hydroxyl groups excluding tert-OH is 3. The van der Waals surface area contributed by atoms with Crippen LogP contribution in [0.25, 0.3) is 0 Å². The van der Waals surface area contributed by atoms with Crippen molar-refractivity contribution < 1.29 is 34.8 Å². The fourth-order valence-corrected chi connectivity index (χ4v) is 9.25. The van der Waals surface area contributed by atoms with Gasteiger partial charge in [0.15, 0.2) is 5.78 Å². The molecule has 4 unspecified atom stereocenters. The summed E-state index contributed by atoms with van der Waals surface area (Å²) in [7, 11) is 0. The number of rotatable bonds is 4. The summed E-state index contributed by atoms with van der Waals surface area (Å²) in [6.07, 6.45) is 6.68. The summed E-state index contributed by atoms with van der Waals surface area (Å²) in [5, 5.41) is 42.7. The molecule has 3 saturated carbocycles. The first-order valence-corrected chi connectivity index (χ1v) is 13.3. The number of allylic oxidation sites excluding steroid dienone is 1. The fourth-order valence-electron chi connectivity index (χ4n) is 9.25. The Morgan fingerprint density at radius 1 is 1.14 bits per heavy atom. The molecule has 10 atom stereocenters. The Kier molecular flexibility index (Phi) is 6.11. The molecule has 0 aromatic rings. The Bertz CT molecular complexity index is 970. The van der Waals surface area contributed by atoms with Gasteiger partial charge >= 0.3 is 5.97 Å². The van der Waals surface area contributed by atoms with Crippen molar-refractivity contribution in [3.05, 3.63) is 23.3 Å². The van der Waals surface area contributed by atoms with Crippen LogP contribution in [0.3, 0.4) is 0 Å². The molecule has 0 saturated heterocycles. The summed E-state index contributed by atoms with van der Waals surface area (Å²) >= 11 is 0. The molecular weight excluding hydrogens is 448 g/mol. The lowest BCUT2D eigenvalue weighted by atomic mass is 9.43. The fraction of sp³-hybridized carbons (Fsp3) is 0.786. The molecule has 4 aliphatic carbocycles. The van der Waals surface area contributed by atoms with E-state index >= 15 is 0 Å². The highest BCUT2D eigenvalue weighted by Crippen LogP contribution is 2.68. The average molecular weight is 489 g/mol. The molecule has 0 amide bonds. The van der Waals surface area contributed by atoms with Gasteiger partial charge in [-0.25, -0.2) is 4.79 Å². The first-order chi connectivity index (χ1) is 16.5. The van der Waals surface area contributed by atoms with E-state index in [4.69, 9.17) is 4.74 Å². The van der Waals surface area contributed by atoms with Crippen molar-refractivity contribution in [2.75, 3.05) is 13.2 Å². The van der Waals surface area contributed by atoms with E-state index < -0.39 is 29.2 Å². The molecule has 1 heterocycles. The minimum Gasteiger partial charge on any atom is -0.458 e. The van der Waals surface area contributed by atoms with Crippen molar-refractivity contribution in [3.63, 3.8) is 0 Å². The summed E-state index contributed by atoms with van der Waals surface area (Å²) in [4.78, 5) is 25.7. The first kappa shape index (κ1) is 25.1. The SMILES string of the molecule is CC1=C(CO)C(=O)OC(C(CO)[C@H]2CC[C@H]3[C@@H]4CC(O)C5(O)CC=CC(=O)[C@]5(C)[C@H]4CC[C@]23C)C1. The Labute approximate surface area is 207 Å². The van der Waals surface area contributed by atoms with Gasteiger partial charge in [-0.05, 0) is 87.5 Å². The van der Waals surface area contributed by atoms with Gasteiger partial charge in [-0.15, -0.1) is 0 Å². The van der Waals surface area contributed by atoms with E-state index in [0.29, 0.717) is 24.8 Å². The molecule has 0 aromatic heterocycles. The second-order valence-electron chi connectivity index (χ2n) is 12.4. The average Bonchev–Trinajstić information content (AvgIpc) is 3.15. The van der Waals surface area contributed by atoms with E-state index in [1.165, 1.54) is 0 Å². The highest BCUT2D eigenvalue weighted by molar-refractivity contribution is 5.97. The third-order valence-electron chi connectivity index (χ3n) is 11.3. The van der Waals surface area contributed by atoms with E-state index in [0.717, 1.165) is 31.3 Å². The van der Waals surface area contributed by atoms with Crippen molar-refractivity contribution in [1.29, 1.82) is 0 Å². The van der Waals surface area contributed by atoms with E-state index in [1.54, 1.807) is 12.2 Å². The molecular formula is C28H40O7. The number of carbonyl (C=O) groups excluding carboxylic acids is 2. The number of aliphatic hydroxyl groups is 4. The number of carbonyl (C=O) groups is 2. The topological polar surface area (TPSA) is 124 Å². The molecule has 35 heavy (non-hydrogen) atoms. The lowest BCUT2D eigenvalue weighted by Crippen LogP contribution is -2.69. The Morgan fingerprint density at radius 3 is 2.54 bits per heavy atom. The number of ether oxygens (including phenoxy) is 1. The van der Waals surface area contributed by atoms with Crippen LogP contribution in [0.4, 0.5) is 0 Å². The third kappa shape index (κ3) is 3.30. The van der Waals surface area contributed by atoms with Gasteiger partial charge in [0.05, 0.1) is 23.7 Å². The van der Waals surface area contributed by atoms with Gasteiger partial charge in [0.2, 0.25) is 0 Å². The van der Waals surface area contributed by atoms with Crippen LogP contribution in [0, 0.1) is 40.4 Å². The Balaban J connectivity index is 1.44. The maximum absolute atomic E-state index is 13.2. The maximum atomic E-state index is 13.2. The molecule has 0 bridgehead atoms. The number of fused-ring (bicyclic) bond motifs is 5. The quantitative estimate of drug-likeness (QED) is 0.448. The standard InChI is InChI=1S/C28H40O7/c1-15-11-22(35-25(33)17(15)13-29)18(14-30)20-7-6-19-16-12-24(32)28(34)9-4-5-23(31)27(28,3)21(16)8-10-26(19,20)2/h4-5,16,18-22,24,29-30,32,34H,6-14H2,1-3H3/t16-,18?,19-,20+,21-,22?,24?,26-,27-,28?/m0/s1. The normalized spacial score (nSPS) is 48.2. The summed E-state index contributed by atoms with van der Waals surface area (Å²) in [6.45, 7) is 5.57. The molecule has 5 aliphatic rings.